The minimum absolute atomic E-state index is 0.180. The van der Waals surface area contributed by atoms with Crippen LogP contribution >= 0.6 is 0 Å². The minimum Gasteiger partial charge on any atom is -0.481 e. The Morgan fingerprint density at radius 2 is 1.84 bits per heavy atom. The van der Waals surface area contributed by atoms with Gasteiger partial charge < -0.3 is 15.5 Å². The maximum absolute atomic E-state index is 11.0. The Kier molecular flexibility index (Phi) is 3.75. The molecule has 1 unspecified atom stereocenters. The predicted octanol–water partition coefficient (Wildman–Crippen LogP) is -0.505. The molecule has 2 saturated heterocycles. The van der Waals surface area contributed by atoms with E-state index in [2.05, 4.69) is 15.1 Å². The molecule has 3 fully saturated rings. The summed E-state index contributed by atoms with van der Waals surface area (Å²) < 4.78 is 0. The second-order valence-corrected chi connectivity index (χ2v) is 5.98. The lowest BCUT2D eigenvalue weighted by Crippen LogP contribution is -2.52. The average Bonchev–Trinajstić information content (AvgIpc) is 2.77. The average molecular weight is 269 g/mol. The third kappa shape index (κ3) is 2.50. The van der Waals surface area contributed by atoms with Crippen molar-refractivity contribution in [2.75, 3.05) is 26.2 Å². The number of nitrogens with zero attached hydrogens (tertiary/aromatic N) is 2. The molecule has 1 saturated carbocycles. The van der Waals surface area contributed by atoms with Crippen LogP contribution in [-0.2, 0) is 4.79 Å². The number of aliphatic carboxylic acids is 1. The number of piperazine rings is 1. The van der Waals surface area contributed by atoms with Crippen molar-refractivity contribution in [1.82, 2.24) is 15.1 Å². The molecule has 3 aliphatic rings. The van der Waals surface area contributed by atoms with Crippen molar-refractivity contribution < 1.29 is 15.0 Å². The van der Waals surface area contributed by atoms with Gasteiger partial charge in [-0.25, -0.2) is 0 Å². The molecule has 3 rings (SSSR count). The minimum atomic E-state index is -0.665. The summed E-state index contributed by atoms with van der Waals surface area (Å²) in [5.74, 6) is -0.845. The Balaban J connectivity index is 1.60. The van der Waals surface area contributed by atoms with Gasteiger partial charge in [-0.05, 0) is 25.7 Å². The number of rotatable bonds is 2. The monoisotopic (exact) mass is 269 g/mol. The maximum atomic E-state index is 11.0. The molecule has 0 radical (unpaired) electrons. The van der Waals surface area contributed by atoms with Crippen molar-refractivity contribution in [2.45, 2.75) is 44.1 Å². The lowest BCUT2D eigenvalue weighted by atomic mass is 9.85. The van der Waals surface area contributed by atoms with E-state index in [9.17, 15) is 9.90 Å². The van der Waals surface area contributed by atoms with Crippen LogP contribution in [0, 0.1) is 5.92 Å². The molecule has 0 spiro atoms. The summed E-state index contributed by atoms with van der Waals surface area (Å²) in [6.45, 7) is 3.68. The van der Waals surface area contributed by atoms with E-state index in [4.69, 9.17) is 5.11 Å². The lowest BCUT2D eigenvalue weighted by Gasteiger charge is -2.36. The summed E-state index contributed by atoms with van der Waals surface area (Å²) in [6.07, 6.45) is 2.79. The number of carboxylic acids is 1. The number of carboxylic acid groups (broad SMARTS) is 1. The first-order valence-electron chi connectivity index (χ1n) is 7.30. The zero-order valence-corrected chi connectivity index (χ0v) is 11.2. The molecule has 6 heteroatoms. The van der Waals surface area contributed by atoms with E-state index in [1.165, 1.54) is 0 Å². The van der Waals surface area contributed by atoms with Crippen LogP contribution in [0.2, 0.25) is 0 Å². The molecule has 0 aromatic carbocycles. The fourth-order valence-corrected chi connectivity index (χ4v) is 3.77. The van der Waals surface area contributed by atoms with Crippen LogP contribution in [0.5, 0.6) is 0 Å². The van der Waals surface area contributed by atoms with E-state index < -0.39 is 12.3 Å². The molecule has 2 heterocycles. The van der Waals surface area contributed by atoms with E-state index in [0.717, 1.165) is 51.9 Å². The predicted molar refractivity (Wildman–Crippen MR) is 69.5 cm³/mol. The van der Waals surface area contributed by atoms with Crippen LogP contribution in [0.15, 0.2) is 0 Å². The van der Waals surface area contributed by atoms with Gasteiger partial charge in [-0.2, -0.15) is 0 Å². The van der Waals surface area contributed by atoms with Gasteiger partial charge in [-0.1, -0.05) is 0 Å². The number of hydrogen-bond donors (Lipinski definition) is 3. The van der Waals surface area contributed by atoms with Gasteiger partial charge in [0.25, 0.3) is 0 Å². The molecule has 108 valence electrons. The third-order valence-corrected chi connectivity index (χ3v) is 4.93. The zero-order valence-electron chi connectivity index (χ0n) is 11.2. The molecule has 3 N–H and O–H groups in total. The van der Waals surface area contributed by atoms with Crippen molar-refractivity contribution in [2.24, 2.45) is 5.92 Å². The number of aliphatic hydroxyl groups is 1. The normalized spacial score (nSPS) is 41.1. The Labute approximate surface area is 113 Å². The smallest absolute Gasteiger partial charge is 0.306 e. The van der Waals surface area contributed by atoms with Crippen molar-refractivity contribution in [1.29, 1.82) is 0 Å². The lowest BCUT2D eigenvalue weighted by molar-refractivity contribution is -0.143. The van der Waals surface area contributed by atoms with Gasteiger partial charge in [0.05, 0.1) is 5.92 Å². The van der Waals surface area contributed by atoms with Gasteiger partial charge in [0.2, 0.25) is 0 Å². The molecular formula is C13H23N3O3. The summed E-state index contributed by atoms with van der Waals surface area (Å²) >= 11 is 0. The van der Waals surface area contributed by atoms with E-state index in [1.54, 1.807) is 0 Å². The second kappa shape index (κ2) is 5.36. The van der Waals surface area contributed by atoms with Crippen molar-refractivity contribution in [3.05, 3.63) is 0 Å². The Bertz CT molecular complexity index is 344. The van der Waals surface area contributed by atoms with Gasteiger partial charge in [-0.15, -0.1) is 0 Å². The van der Waals surface area contributed by atoms with Gasteiger partial charge in [-0.3, -0.25) is 14.6 Å². The number of nitrogens with one attached hydrogen (secondary N) is 1. The van der Waals surface area contributed by atoms with Crippen LogP contribution < -0.4 is 5.32 Å². The van der Waals surface area contributed by atoms with E-state index in [-0.39, 0.29) is 5.92 Å². The first kappa shape index (κ1) is 13.3. The van der Waals surface area contributed by atoms with Crippen LogP contribution in [0.25, 0.3) is 0 Å². The van der Waals surface area contributed by atoms with Gasteiger partial charge in [0, 0.05) is 38.3 Å². The standard InChI is InChI=1S/C13H23N3O3/c17-12(18)9-1-3-10(4-2-9)16-8-11-7-14-5-6-15(11)13(16)19/h9-11,13-14,19H,1-8H2,(H,17,18)/t9?,10?,11-,13?/m0/s1. The first-order chi connectivity index (χ1) is 9.16. The first-order valence-corrected chi connectivity index (χ1v) is 7.30. The molecular weight excluding hydrogens is 246 g/mol. The van der Waals surface area contributed by atoms with Crippen molar-refractivity contribution in [3.63, 3.8) is 0 Å². The van der Waals surface area contributed by atoms with E-state index in [1.807, 2.05) is 0 Å². The Morgan fingerprint density at radius 1 is 1.11 bits per heavy atom. The highest BCUT2D eigenvalue weighted by Crippen LogP contribution is 2.32. The number of aliphatic hydroxyl groups excluding tert-OH is 1. The molecule has 2 aliphatic heterocycles. The Hall–Kier alpha value is -0.690. The van der Waals surface area contributed by atoms with Crippen LogP contribution in [0.4, 0.5) is 0 Å². The summed E-state index contributed by atoms with van der Waals surface area (Å²) in [5.41, 5.74) is 0. The molecule has 2 atom stereocenters. The topological polar surface area (TPSA) is 76.0 Å². The second-order valence-electron chi connectivity index (χ2n) is 5.98. The summed E-state index contributed by atoms with van der Waals surface area (Å²) in [7, 11) is 0. The molecule has 0 bridgehead atoms. The molecule has 0 aromatic heterocycles. The number of hydrogen-bond acceptors (Lipinski definition) is 5. The molecule has 1 aliphatic carbocycles. The largest absolute Gasteiger partial charge is 0.481 e. The highest BCUT2D eigenvalue weighted by atomic mass is 16.4. The van der Waals surface area contributed by atoms with Crippen LogP contribution in [-0.4, -0.2) is 70.6 Å². The molecule has 0 aromatic rings. The molecule has 0 amide bonds. The van der Waals surface area contributed by atoms with Crippen LogP contribution in [0.3, 0.4) is 0 Å². The number of fused-ring (bicyclic) bond motifs is 1. The van der Waals surface area contributed by atoms with Gasteiger partial charge in [0.15, 0.2) is 6.35 Å². The zero-order chi connectivity index (χ0) is 13.4. The van der Waals surface area contributed by atoms with E-state index in [0.29, 0.717) is 12.1 Å². The van der Waals surface area contributed by atoms with Crippen LogP contribution in [0.1, 0.15) is 25.7 Å². The quantitative estimate of drug-likeness (QED) is 0.627. The third-order valence-electron chi connectivity index (χ3n) is 4.93. The SMILES string of the molecule is O=C(O)C1CCC(N2C[C@@H]3CNCCN3C2O)CC1. The van der Waals surface area contributed by atoms with Gasteiger partial charge >= 0.3 is 5.97 Å². The molecule has 6 nitrogen and oxygen atoms in total. The Morgan fingerprint density at radius 3 is 2.47 bits per heavy atom. The highest BCUT2D eigenvalue weighted by Gasteiger charge is 2.43. The summed E-state index contributed by atoms with van der Waals surface area (Å²) in [5, 5.41) is 22.8. The van der Waals surface area contributed by atoms with Gasteiger partial charge in [0.1, 0.15) is 0 Å². The maximum Gasteiger partial charge on any atom is 0.306 e. The van der Waals surface area contributed by atoms with Crippen molar-refractivity contribution in [3.8, 4) is 0 Å². The number of carbonyl (C=O) groups is 1. The molecule has 19 heavy (non-hydrogen) atoms. The van der Waals surface area contributed by atoms with Crippen molar-refractivity contribution >= 4 is 5.97 Å². The van der Waals surface area contributed by atoms with E-state index >= 15 is 0 Å². The summed E-state index contributed by atoms with van der Waals surface area (Å²) in [4.78, 5) is 15.3. The fraction of sp³-hybridized carbons (Fsp3) is 0.923. The highest BCUT2D eigenvalue weighted by molar-refractivity contribution is 5.70. The summed E-state index contributed by atoms with van der Waals surface area (Å²) in [6, 6.07) is 0.747. The fourth-order valence-electron chi connectivity index (χ4n) is 3.77.